The van der Waals surface area contributed by atoms with E-state index >= 15 is 0 Å². The smallest absolute Gasteiger partial charge is 0.00705 e. The van der Waals surface area contributed by atoms with E-state index in [1.807, 2.05) is 11.3 Å². The molecule has 1 unspecified atom stereocenters. The van der Waals surface area contributed by atoms with E-state index < -0.39 is 0 Å². The van der Waals surface area contributed by atoms with E-state index in [2.05, 4.69) is 36.7 Å². The Morgan fingerprint density at radius 3 is 2.75 bits per heavy atom. The fourth-order valence-corrected chi connectivity index (χ4v) is 2.64. The van der Waals surface area contributed by atoms with Crippen LogP contribution in [0, 0.1) is 0 Å². The average molecular weight is 239 g/mol. The van der Waals surface area contributed by atoms with Crippen molar-refractivity contribution < 1.29 is 0 Å². The van der Waals surface area contributed by atoms with Gasteiger partial charge in [-0.15, -0.1) is 11.3 Å². The SMILES string of the molecule is CCCCC(CCc1cccs1)NCCC. The van der Waals surface area contributed by atoms with Crippen molar-refractivity contribution in [1.29, 1.82) is 0 Å². The molecule has 0 bridgehead atoms. The fourth-order valence-electron chi connectivity index (χ4n) is 1.92. The van der Waals surface area contributed by atoms with Gasteiger partial charge in [-0.3, -0.25) is 0 Å². The van der Waals surface area contributed by atoms with Crippen molar-refractivity contribution in [1.82, 2.24) is 5.32 Å². The van der Waals surface area contributed by atoms with Crippen LogP contribution in [0.4, 0.5) is 0 Å². The van der Waals surface area contributed by atoms with Crippen molar-refractivity contribution in [3.63, 3.8) is 0 Å². The van der Waals surface area contributed by atoms with Crippen LogP contribution in [0.25, 0.3) is 0 Å². The molecule has 1 atom stereocenters. The summed E-state index contributed by atoms with van der Waals surface area (Å²) in [6.45, 7) is 5.68. The second kappa shape index (κ2) is 8.77. The Hall–Kier alpha value is -0.340. The molecule has 0 saturated carbocycles. The summed E-state index contributed by atoms with van der Waals surface area (Å²) in [7, 11) is 0. The van der Waals surface area contributed by atoms with E-state index in [0.717, 1.165) is 6.04 Å². The lowest BCUT2D eigenvalue weighted by Crippen LogP contribution is -2.30. The van der Waals surface area contributed by atoms with Crippen LogP contribution >= 0.6 is 11.3 Å². The van der Waals surface area contributed by atoms with Gasteiger partial charge in [-0.1, -0.05) is 32.8 Å². The Labute approximate surface area is 104 Å². The third-order valence-corrected chi connectivity index (χ3v) is 3.84. The molecule has 0 amide bonds. The lowest BCUT2D eigenvalue weighted by Gasteiger charge is -2.17. The number of hydrogen-bond acceptors (Lipinski definition) is 2. The van der Waals surface area contributed by atoms with Gasteiger partial charge < -0.3 is 5.32 Å². The third kappa shape index (κ3) is 5.66. The standard InChI is InChI=1S/C14H25NS/c1-3-5-7-13(15-11-4-2)9-10-14-8-6-12-16-14/h6,8,12-13,15H,3-5,7,9-11H2,1-2H3. The van der Waals surface area contributed by atoms with Crippen LogP contribution in [0.5, 0.6) is 0 Å². The number of aryl methyl sites for hydroxylation is 1. The van der Waals surface area contributed by atoms with E-state index in [4.69, 9.17) is 0 Å². The van der Waals surface area contributed by atoms with Gasteiger partial charge in [-0.05, 0) is 43.7 Å². The van der Waals surface area contributed by atoms with Crippen LogP contribution in [0.15, 0.2) is 17.5 Å². The quantitative estimate of drug-likeness (QED) is 0.679. The first-order chi connectivity index (χ1) is 7.86. The Balaban J connectivity index is 2.25. The van der Waals surface area contributed by atoms with Crippen molar-refractivity contribution in [3.05, 3.63) is 22.4 Å². The zero-order valence-corrected chi connectivity index (χ0v) is 11.5. The summed E-state index contributed by atoms with van der Waals surface area (Å²) in [6, 6.07) is 5.13. The van der Waals surface area contributed by atoms with Gasteiger partial charge in [-0.25, -0.2) is 0 Å². The minimum Gasteiger partial charge on any atom is -0.314 e. The Bertz CT molecular complexity index is 235. The summed E-state index contributed by atoms with van der Waals surface area (Å²) in [5, 5.41) is 5.85. The maximum Gasteiger partial charge on any atom is 0.00705 e. The molecule has 1 aromatic heterocycles. The molecule has 0 aromatic carbocycles. The summed E-state index contributed by atoms with van der Waals surface area (Å²) >= 11 is 1.88. The fraction of sp³-hybridized carbons (Fsp3) is 0.714. The second-order valence-electron chi connectivity index (χ2n) is 4.41. The molecule has 0 aliphatic rings. The average Bonchev–Trinajstić information content (AvgIpc) is 2.81. The highest BCUT2D eigenvalue weighted by molar-refractivity contribution is 7.09. The first-order valence-electron chi connectivity index (χ1n) is 6.62. The first-order valence-corrected chi connectivity index (χ1v) is 7.50. The molecule has 0 fully saturated rings. The number of unbranched alkanes of at least 4 members (excludes halogenated alkanes) is 1. The van der Waals surface area contributed by atoms with Crippen LogP contribution in [0.1, 0.15) is 50.8 Å². The normalized spacial score (nSPS) is 12.9. The van der Waals surface area contributed by atoms with Gasteiger partial charge in [0.25, 0.3) is 0 Å². The van der Waals surface area contributed by atoms with Crippen molar-refractivity contribution in [2.75, 3.05) is 6.54 Å². The summed E-state index contributed by atoms with van der Waals surface area (Å²) in [6.07, 6.45) is 7.77. The van der Waals surface area contributed by atoms with Gasteiger partial charge in [0, 0.05) is 10.9 Å². The Morgan fingerprint density at radius 1 is 1.25 bits per heavy atom. The van der Waals surface area contributed by atoms with Gasteiger partial charge in [-0.2, -0.15) is 0 Å². The van der Waals surface area contributed by atoms with E-state index in [1.54, 1.807) is 0 Å². The van der Waals surface area contributed by atoms with Gasteiger partial charge in [0.05, 0.1) is 0 Å². The van der Waals surface area contributed by atoms with E-state index in [0.29, 0.717) is 0 Å². The van der Waals surface area contributed by atoms with Crippen LogP contribution in [-0.2, 0) is 6.42 Å². The molecule has 1 heterocycles. The molecule has 1 rings (SSSR count). The van der Waals surface area contributed by atoms with Gasteiger partial charge in [0.15, 0.2) is 0 Å². The highest BCUT2D eigenvalue weighted by Crippen LogP contribution is 2.14. The maximum absolute atomic E-state index is 3.67. The lowest BCUT2D eigenvalue weighted by molar-refractivity contribution is 0.440. The molecular formula is C14H25NS. The summed E-state index contributed by atoms with van der Waals surface area (Å²) < 4.78 is 0. The Morgan fingerprint density at radius 2 is 2.12 bits per heavy atom. The molecule has 2 heteroatoms. The molecule has 0 saturated heterocycles. The molecule has 1 aromatic rings. The number of thiophene rings is 1. The second-order valence-corrected chi connectivity index (χ2v) is 5.44. The van der Waals surface area contributed by atoms with Crippen molar-refractivity contribution >= 4 is 11.3 Å². The van der Waals surface area contributed by atoms with Crippen LogP contribution < -0.4 is 5.32 Å². The van der Waals surface area contributed by atoms with Crippen molar-refractivity contribution in [2.24, 2.45) is 0 Å². The predicted octanol–water partition coefficient (Wildman–Crippen LogP) is 4.24. The zero-order chi connectivity index (χ0) is 11.6. The van der Waals surface area contributed by atoms with Crippen LogP contribution in [-0.4, -0.2) is 12.6 Å². The molecule has 16 heavy (non-hydrogen) atoms. The number of nitrogens with one attached hydrogen (secondary N) is 1. The highest BCUT2D eigenvalue weighted by atomic mass is 32.1. The van der Waals surface area contributed by atoms with Gasteiger partial charge in [0.1, 0.15) is 0 Å². The molecule has 0 spiro atoms. The Kier molecular flexibility index (Phi) is 7.52. The highest BCUT2D eigenvalue weighted by Gasteiger charge is 2.07. The number of rotatable bonds is 9. The van der Waals surface area contributed by atoms with Gasteiger partial charge >= 0.3 is 0 Å². The summed E-state index contributed by atoms with van der Waals surface area (Å²) in [5.74, 6) is 0. The molecular weight excluding hydrogens is 214 g/mol. The summed E-state index contributed by atoms with van der Waals surface area (Å²) in [4.78, 5) is 1.53. The molecule has 1 nitrogen and oxygen atoms in total. The maximum atomic E-state index is 3.67. The largest absolute Gasteiger partial charge is 0.314 e. The molecule has 0 radical (unpaired) electrons. The molecule has 0 aliphatic carbocycles. The predicted molar refractivity (Wildman–Crippen MR) is 74.2 cm³/mol. The lowest BCUT2D eigenvalue weighted by atomic mass is 10.0. The minimum atomic E-state index is 0.724. The monoisotopic (exact) mass is 239 g/mol. The van der Waals surface area contributed by atoms with Gasteiger partial charge in [0.2, 0.25) is 0 Å². The number of hydrogen-bond donors (Lipinski definition) is 1. The van der Waals surface area contributed by atoms with Crippen LogP contribution in [0.3, 0.4) is 0 Å². The van der Waals surface area contributed by atoms with E-state index in [1.165, 1.54) is 49.9 Å². The third-order valence-electron chi connectivity index (χ3n) is 2.91. The van der Waals surface area contributed by atoms with Crippen molar-refractivity contribution in [2.45, 2.75) is 58.4 Å². The summed E-state index contributed by atoms with van der Waals surface area (Å²) in [5.41, 5.74) is 0. The van der Waals surface area contributed by atoms with E-state index in [9.17, 15) is 0 Å². The van der Waals surface area contributed by atoms with E-state index in [-0.39, 0.29) is 0 Å². The molecule has 1 N–H and O–H groups in total. The minimum absolute atomic E-state index is 0.724. The van der Waals surface area contributed by atoms with Crippen LogP contribution in [0.2, 0.25) is 0 Å². The molecule has 92 valence electrons. The topological polar surface area (TPSA) is 12.0 Å². The zero-order valence-electron chi connectivity index (χ0n) is 10.7. The molecule has 0 aliphatic heterocycles. The first kappa shape index (κ1) is 13.7. The van der Waals surface area contributed by atoms with Crippen molar-refractivity contribution in [3.8, 4) is 0 Å².